The zero-order valence-corrected chi connectivity index (χ0v) is 12.8. The quantitative estimate of drug-likeness (QED) is 0.469. The van der Waals surface area contributed by atoms with Crippen LogP contribution < -0.4 is 0 Å². The molecule has 3 rings (SSSR count). The summed E-state index contributed by atoms with van der Waals surface area (Å²) in [6.45, 7) is 0. The van der Waals surface area contributed by atoms with Crippen molar-refractivity contribution in [1.82, 2.24) is 28.7 Å². The van der Waals surface area contributed by atoms with Crippen LogP contribution in [0.25, 0.3) is 0 Å². The van der Waals surface area contributed by atoms with Gasteiger partial charge in [-0.1, -0.05) is 0 Å². The van der Waals surface area contributed by atoms with Gasteiger partial charge in [0.15, 0.2) is 0 Å². The number of aromatic nitrogens is 6. The molecule has 3 N–H and O–H groups in total. The first-order valence-corrected chi connectivity index (χ1v) is 6.21. The van der Waals surface area contributed by atoms with Gasteiger partial charge in [-0.25, -0.2) is 15.0 Å². The van der Waals surface area contributed by atoms with E-state index in [4.69, 9.17) is 15.1 Å². The minimum absolute atomic E-state index is 1.75. The third kappa shape index (κ3) is 14.0. The lowest BCUT2D eigenvalue weighted by Gasteiger charge is -1.76. The maximum atomic E-state index is 7.17. The molecule has 0 aliphatic rings. The van der Waals surface area contributed by atoms with Gasteiger partial charge in [0.05, 0.1) is 19.0 Å². The molecule has 0 saturated carbocycles. The third-order valence-corrected chi connectivity index (χ3v) is 1.91. The van der Waals surface area contributed by atoms with E-state index in [-0.39, 0.29) is 0 Å². The monoisotopic (exact) mass is 308 g/mol. The molecule has 0 unspecified atom stereocenters. The van der Waals surface area contributed by atoms with Crippen molar-refractivity contribution >= 4 is 7.32 Å². The SMILES string of the molecule is Cn1ccnc1.Cn1ccnc1.Cn1ccnc1.OB(O)O. The van der Waals surface area contributed by atoms with Gasteiger partial charge in [-0.2, -0.15) is 0 Å². The van der Waals surface area contributed by atoms with Crippen molar-refractivity contribution in [3.8, 4) is 0 Å². The van der Waals surface area contributed by atoms with E-state index in [1.165, 1.54) is 0 Å². The van der Waals surface area contributed by atoms with E-state index in [0.29, 0.717) is 0 Å². The fourth-order valence-corrected chi connectivity index (χ4v) is 0.977. The van der Waals surface area contributed by atoms with Crippen LogP contribution in [0, 0.1) is 0 Å². The second-order valence-corrected chi connectivity index (χ2v) is 4.03. The predicted octanol–water partition coefficient (Wildman–Crippen LogP) is -0.791. The highest BCUT2D eigenvalue weighted by Crippen LogP contribution is 1.74. The summed E-state index contributed by atoms with van der Waals surface area (Å²) in [6.07, 6.45) is 16.2. The van der Waals surface area contributed by atoms with Gasteiger partial charge in [0, 0.05) is 58.3 Å². The maximum absolute atomic E-state index is 7.17. The van der Waals surface area contributed by atoms with Crippen molar-refractivity contribution in [2.45, 2.75) is 0 Å². The molecule has 0 bridgehead atoms. The summed E-state index contributed by atoms with van der Waals surface area (Å²) in [4.78, 5) is 11.4. The molecule has 9 nitrogen and oxygen atoms in total. The van der Waals surface area contributed by atoms with Crippen molar-refractivity contribution in [1.29, 1.82) is 0 Å². The summed E-state index contributed by atoms with van der Waals surface area (Å²) < 4.78 is 5.67. The van der Waals surface area contributed by atoms with Crippen LogP contribution in [0.3, 0.4) is 0 Å². The topological polar surface area (TPSA) is 114 Å². The number of hydrogen-bond acceptors (Lipinski definition) is 6. The number of aryl methyl sites for hydroxylation is 3. The van der Waals surface area contributed by atoms with Crippen LogP contribution in [-0.2, 0) is 21.1 Å². The summed E-state index contributed by atoms with van der Waals surface area (Å²) in [6, 6.07) is 0. The second kappa shape index (κ2) is 12.3. The summed E-state index contributed by atoms with van der Waals surface area (Å²) >= 11 is 0. The Kier molecular flexibility index (Phi) is 11.0. The van der Waals surface area contributed by atoms with Crippen LogP contribution in [0.15, 0.2) is 56.2 Å². The standard InChI is InChI=1S/3C4H6N2.BH3O3/c3*1-6-3-2-5-4-6;2-1(3)4/h3*2-4H,1H3;2-4H. The van der Waals surface area contributed by atoms with Gasteiger partial charge in [0.1, 0.15) is 0 Å². The van der Waals surface area contributed by atoms with E-state index in [1.807, 2.05) is 53.4 Å². The minimum atomic E-state index is -2.17. The van der Waals surface area contributed by atoms with Gasteiger partial charge in [0.2, 0.25) is 0 Å². The molecule has 0 aromatic carbocycles. The van der Waals surface area contributed by atoms with E-state index in [0.717, 1.165) is 0 Å². The smallest absolute Gasteiger partial charge is 0.402 e. The van der Waals surface area contributed by atoms with Gasteiger partial charge in [-0.05, 0) is 0 Å². The van der Waals surface area contributed by atoms with Gasteiger partial charge in [-0.15, -0.1) is 0 Å². The van der Waals surface area contributed by atoms with E-state index in [9.17, 15) is 0 Å². The fourth-order valence-electron chi connectivity index (χ4n) is 0.977. The van der Waals surface area contributed by atoms with Crippen molar-refractivity contribution < 1.29 is 15.1 Å². The van der Waals surface area contributed by atoms with Crippen LogP contribution in [0.5, 0.6) is 0 Å². The maximum Gasteiger partial charge on any atom is 0.631 e. The number of rotatable bonds is 0. The molecule has 0 radical (unpaired) electrons. The van der Waals surface area contributed by atoms with E-state index < -0.39 is 7.32 Å². The summed E-state index contributed by atoms with van der Waals surface area (Å²) in [5.41, 5.74) is 0. The van der Waals surface area contributed by atoms with Crippen LogP contribution in [0.2, 0.25) is 0 Å². The Labute approximate surface area is 129 Å². The first kappa shape index (κ1) is 19.6. The summed E-state index contributed by atoms with van der Waals surface area (Å²) in [5.74, 6) is 0. The zero-order chi connectivity index (χ0) is 16.8. The van der Waals surface area contributed by atoms with Crippen molar-refractivity contribution in [3.05, 3.63) is 56.2 Å². The molecule has 0 fully saturated rings. The molecule has 3 aromatic rings. The summed E-state index contributed by atoms with van der Waals surface area (Å²) in [5, 5.41) is 21.5. The molecular weight excluding hydrogens is 287 g/mol. The number of imidazole rings is 3. The lowest BCUT2D eigenvalue weighted by Crippen LogP contribution is -2.07. The Morgan fingerprint density at radius 2 is 0.864 bits per heavy atom. The Morgan fingerprint density at radius 3 is 0.909 bits per heavy atom. The normalized spacial score (nSPS) is 8.45. The minimum Gasteiger partial charge on any atom is -0.402 e. The highest BCUT2D eigenvalue weighted by molar-refractivity contribution is 6.30. The van der Waals surface area contributed by atoms with Gasteiger partial charge >= 0.3 is 7.32 Å². The number of nitrogens with zero attached hydrogens (tertiary/aromatic N) is 6. The largest absolute Gasteiger partial charge is 0.631 e. The lowest BCUT2D eigenvalue weighted by molar-refractivity contribution is 0.278. The van der Waals surface area contributed by atoms with Crippen molar-refractivity contribution in [2.75, 3.05) is 0 Å². The Morgan fingerprint density at radius 1 is 0.636 bits per heavy atom. The van der Waals surface area contributed by atoms with E-state index >= 15 is 0 Å². The molecule has 3 aromatic heterocycles. The molecule has 10 heteroatoms. The first-order chi connectivity index (χ1) is 10.4. The lowest BCUT2D eigenvalue weighted by atomic mass is 10.3. The van der Waals surface area contributed by atoms with Gasteiger partial charge in [-0.3, -0.25) is 0 Å². The third-order valence-electron chi connectivity index (χ3n) is 1.91. The Balaban J connectivity index is 0.000000271. The molecule has 0 spiro atoms. The van der Waals surface area contributed by atoms with Crippen LogP contribution >= 0.6 is 0 Å². The summed E-state index contributed by atoms with van der Waals surface area (Å²) in [7, 11) is 3.65. The second-order valence-electron chi connectivity index (χ2n) is 4.03. The van der Waals surface area contributed by atoms with Crippen molar-refractivity contribution in [3.63, 3.8) is 0 Å². The van der Waals surface area contributed by atoms with Crippen molar-refractivity contribution in [2.24, 2.45) is 21.1 Å². The van der Waals surface area contributed by atoms with Crippen LogP contribution in [0.1, 0.15) is 0 Å². The predicted molar refractivity (Wildman–Crippen MR) is 82.0 cm³/mol. The first-order valence-electron chi connectivity index (χ1n) is 6.21. The molecular formula is C12H21BN6O3. The Bertz CT molecular complexity index is 460. The average molecular weight is 308 g/mol. The Hall–Kier alpha value is -2.43. The molecule has 22 heavy (non-hydrogen) atoms. The molecule has 0 amide bonds. The highest BCUT2D eigenvalue weighted by atomic mass is 16.5. The van der Waals surface area contributed by atoms with E-state index in [1.54, 1.807) is 37.6 Å². The van der Waals surface area contributed by atoms with Gasteiger partial charge < -0.3 is 28.8 Å². The van der Waals surface area contributed by atoms with Gasteiger partial charge in [0.25, 0.3) is 0 Å². The van der Waals surface area contributed by atoms with Crippen LogP contribution in [-0.4, -0.2) is 51.0 Å². The molecule has 0 aliphatic carbocycles. The van der Waals surface area contributed by atoms with E-state index in [2.05, 4.69) is 15.0 Å². The highest BCUT2D eigenvalue weighted by Gasteiger charge is 1.92. The van der Waals surface area contributed by atoms with Crippen LogP contribution in [0.4, 0.5) is 0 Å². The number of hydrogen-bond donors (Lipinski definition) is 3. The zero-order valence-electron chi connectivity index (χ0n) is 12.8. The molecule has 0 saturated heterocycles. The molecule has 0 aliphatic heterocycles. The molecule has 3 heterocycles. The average Bonchev–Trinajstić information content (AvgIpc) is 3.15. The molecule has 120 valence electrons. The molecule has 0 atom stereocenters. The fraction of sp³-hybridized carbons (Fsp3) is 0.250.